The van der Waals surface area contributed by atoms with Gasteiger partial charge in [-0.2, -0.15) is 13.2 Å². The second kappa shape index (κ2) is 10.6. The summed E-state index contributed by atoms with van der Waals surface area (Å²) in [7, 11) is 1.43. The molecule has 1 amide bonds. The number of nitrogens with one attached hydrogen (secondary N) is 1. The maximum Gasteiger partial charge on any atom is 0.416 e. The average Bonchev–Trinajstić information content (AvgIpc) is 2.68. The number of carbonyl (C=O) groups excluding carboxylic acids is 2. The van der Waals surface area contributed by atoms with Gasteiger partial charge in [0.05, 0.1) is 24.3 Å². The fourth-order valence-corrected chi connectivity index (χ4v) is 2.32. The highest BCUT2D eigenvalue weighted by atomic mass is 19.4. The van der Waals surface area contributed by atoms with Gasteiger partial charge in [-0.25, -0.2) is 4.39 Å². The van der Waals surface area contributed by atoms with Crippen molar-refractivity contribution >= 4 is 17.6 Å². The SMILES string of the molecule is COCCOc1ccc(C(F)(F)F)cc1NC(=O)COC(=O)Cc1ccc(F)cc1. The average molecular weight is 429 g/mol. The van der Waals surface area contributed by atoms with Crippen LogP contribution in [0.2, 0.25) is 0 Å². The summed E-state index contributed by atoms with van der Waals surface area (Å²) in [4.78, 5) is 23.9. The van der Waals surface area contributed by atoms with Crippen molar-refractivity contribution < 1.29 is 41.4 Å². The Labute approximate surface area is 169 Å². The number of rotatable bonds is 9. The van der Waals surface area contributed by atoms with E-state index < -0.39 is 36.0 Å². The van der Waals surface area contributed by atoms with Gasteiger partial charge in [-0.15, -0.1) is 0 Å². The number of alkyl halides is 3. The van der Waals surface area contributed by atoms with Crippen LogP contribution in [0, 0.1) is 5.82 Å². The van der Waals surface area contributed by atoms with Gasteiger partial charge in [-0.3, -0.25) is 9.59 Å². The molecule has 0 radical (unpaired) electrons. The molecule has 0 aliphatic heterocycles. The van der Waals surface area contributed by atoms with Crippen LogP contribution in [0.4, 0.5) is 23.2 Å². The standard InChI is InChI=1S/C20H19F4NO5/c1-28-8-9-29-17-7-4-14(20(22,23)24)11-16(17)25-18(26)12-30-19(27)10-13-2-5-15(21)6-3-13/h2-7,11H,8-10,12H2,1H3,(H,25,26). The lowest BCUT2D eigenvalue weighted by atomic mass is 10.1. The molecule has 0 aliphatic rings. The Bertz CT molecular complexity index is 868. The second-order valence-corrected chi connectivity index (χ2v) is 6.06. The van der Waals surface area contributed by atoms with Gasteiger partial charge in [0.15, 0.2) is 6.61 Å². The zero-order valence-corrected chi connectivity index (χ0v) is 15.9. The number of carbonyl (C=O) groups is 2. The molecule has 162 valence electrons. The lowest BCUT2D eigenvalue weighted by molar-refractivity contribution is -0.146. The number of anilines is 1. The molecule has 0 heterocycles. The van der Waals surface area contributed by atoms with Gasteiger partial charge in [-0.05, 0) is 35.9 Å². The lowest BCUT2D eigenvalue weighted by Gasteiger charge is -2.15. The summed E-state index contributed by atoms with van der Waals surface area (Å²) < 4.78 is 66.7. The number of ether oxygens (including phenoxy) is 3. The van der Waals surface area contributed by atoms with E-state index in [1.165, 1.54) is 31.4 Å². The topological polar surface area (TPSA) is 73.9 Å². The van der Waals surface area contributed by atoms with Crippen molar-refractivity contribution in [3.63, 3.8) is 0 Å². The van der Waals surface area contributed by atoms with Gasteiger partial charge in [0.1, 0.15) is 18.2 Å². The molecule has 0 spiro atoms. The van der Waals surface area contributed by atoms with Crippen LogP contribution in [0.5, 0.6) is 5.75 Å². The number of amides is 1. The fourth-order valence-electron chi connectivity index (χ4n) is 2.32. The molecule has 6 nitrogen and oxygen atoms in total. The molecule has 1 N–H and O–H groups in total. The summed E-state index contributed by atoms with van der Waals surface area (Å²) in [5.74, 6) is -2.06. The number of methoxy groups -OCH3 is 1. The van der Waals surface area contributed by atoms with Gasteiger partial charge in [0.25, 0.3) is 5.91 Å². The normalized spacial score (nSPS) is 11.1. The van der Waals surface area contributed by atoms with Crippen LogP contribution < -0.4 is 10.1 Å². The molecule has 0 saturated carbocycles. The second-order valence-electron chi connectivity index (χ2n) is 6.06. The summed E-state index contributed by atoms with van der Waals surface area (Å²) in [5.41, 5.74) is -0.723. The first-order chi connectivity index (χ1) is 14.2. The minimum Gasteiger partial charge on any atom is -0.489 e. The Hall–Kier alpha value is -3.14. The number of benzene rings is 2. The quantitative estimate of drug-likeness (QED) is 0.375. The zero-order chi connectivity index (χ0) is 22.1. The molecule has 0 aliphatic carbocycles. The van der Waals surface area contributed by atoms with Crippen molar-refractivity contribution in [2.45, 2.75) is 12.6 Å². The van der Waals surface area contributed by atoms with Crippen molar-refractivity contribution in [3.8, 4) is 5.75 Å². The molecule has 2 rings (SSSR count). The van der Waals surface area contributed by atoms with E-state index >= 15 is 0 Å². The predicted molar refractivity (Wildman–Crippen MR) is 98.5 cm³/mol. The summed E-state index contributed by atoms with van der Waals surface area (Å²) in [5, 5.41) is 2.25. The van der Waals surface area contributed by atoms with Crippen molar-refractivity contribution in [1.82, 2.24) is 0 Å². The van der Waals surface area contributed by atoms with Crippen molar-refractivity contribution in [3.05, 3.63) is 59.4 Å². The van der Waals surface area contributed by atoms with Crippen molar-refractivity contribution in [2.75, 3.05) is 32.2 Å². The van der Waals surface area contributed by atoms with Crippen LogP contribution in [0.25, 0.3) is 0 Å². The van der Waals surface area contributed by atoms with E-state index in [0.717, 1.165) is 18.2 Å². The third kappa shape index (κ3) is 7.36. The van der Waals surface area contributed by atoms with E-state index in [4.69, 9.17) is 14.2 Å². The van der Waals surface area contributed by atoms with Gasteiger partial charge >= 0.3 is 12.1 Å². The molecular formula is C20H19F4NO5. The maximum absolute atomic E-state index is 13.0. The van der Waals surface area contributed by atoms with Crippen LogP contribution in [0.1, 0.15) is 11.1 Å². The highest BCUT2D eigenvalue weighted by Gasteiger charge is 2.31. The summed E-state index contributed by atoms with van der Waals surface area (Å²) in [6, 6.07) is 7.75. The molecule has 2 aromatic rings. The molecule has 10 heteroatoms. The van der Waals surface area contributed by atoms with E-state index in [0.29, 0.717) is 5.56 Å². The Morgan fingerprint density at radius 3 is 2.37 bits per heavy atom. The van der Waals surface area contributed by atoms with Gasteiger partial charge in [0, 0.05) is 7.11 Å². The molecule has 0 aromatic heterocycles. The third-order valence-corrected chi connectivity index (χ3v) is 3.75. The highest BCUT2D eigenvalue weighted by molar-refractivity contribution is 5.94. The van der Waals surface area contributed by atoms with Crippen LogP contribution >= 0.6 is 0 Å². The number of hydrogen-bond acceptors (Lipinski definition) is 5. The molecule has 30 heavy (non-hydrogen) atoms. The molecule has 0 saturated heterocycles. The van der Waals surface area contributed by atoms with Crippen molar-refractivity contribution in [2.24, 2.45) is 0 Å². The Balaban J connectivity index is 1.99. The van der Waals surface area contributed by atoms with Gasteiger partial charge in [0.2, 0.25) is 0 Å². The fraction of sp³-hybridized carbons (Fsp3) is 0.300. The first-order valence-electron chi connectivity index (χ1n) is 8.72. The smallest absolute Gasteiger partial charge is 0.416 e. The monoisotopic (exact) mass is 429 g/mol. The summed E-state index contributed by atoms with van der Waals surface area (Å²) >= 11 is 0. The molecule has 0 atom stereocenters. The van der Waals surface area contributed by atoms with E-state index in [1.807, 2.05) is 0 Å². The lowest BCUT2D eigenvalue weighted by Crippen LogP contribution is -2.22. The van der Waals surface area contributed by atoms with E-state index in [1.54, 1.807) is 0 Å². The highest BCUT2D eigenvalue weighted by Crippen LogP contribution is 2.35. The Morgan fingerprint density at radius 2 is 1.73 bits per heavy atom. The third-order valence-electron chi connectivity index (χ3n) is 3.75. The van der Waals surface area contributed by atoms with Crippen LogP contribution in [-0.2, 0) is 31.7 Å². The first-order valence-corrected chi connectivity index (χ1v) is 8.72. The summed E-state index contributed by atoms with van der Waals surface area (Å²) in [6.07, 6.45) is -4.81. The molecule has 2 aromatic carbocycles. The van der Waals surface area contributed by atoms with Crippen molar-refractivity contribution in [1.29, 1.82) is 0 Å². The van der Waals surface area contributed by atoms with Crippen LogP contribution in [-0.4, -0.2) is 38.8 Å². The Kier molecular flexibility index (Phi) is 8.16. The molecule has 0 fully saturated rings. The molecular weight excluding hydrogens is 410 g/mol. The first kappa shape index (κ1) is 23.1. The predicted octanol–water partition coefficient (Wildman–Crippen LogP) is 3.59. The van der Waals surface area contributed by atoms with Gasteiger partial charge in [-0.1, -0.05) is 12.1 Å². The minimum atomic E-state index is -4.62. The minimum absolute atomic E-state index is 0.00559. The van der Waals surface area contributed by atoms with E-state index in [-0.39, 0.29) is 31.1 Å². The Morgan fingerprint density at radius 1 is 1.03 bits per heavy atom. The van der Waals surface area contributed by atoms with Crippen LogP contribution in [0.3, 0.4) is 0 Å². The summed E-state index contributed by atoms with van der Waals surface area (Å²) in [6.45, 7) is -0.472. The zero-order valence-electron chi connectivity index (χ0n) is 15.9. The maximum atomic E-state index is 13.0. The van der Waals surface area contributed by atoms with Crippen LogP contribution in [0.15, 0.2) is 42.5 Å². The van der Waals surface area contributed by atoms with Gasteiger partial charge < -0.3 is 19.5 Å². The molecule has 0 bridgehead atoms. The van der Waals surface area contributed by atoms with E-state index in [9.17, 15) is 27.2 Å². The number of hydrogen-bond donors (Lipinski definition) is 1. The van der Waals surface area contributed by atoms with E-state index in [2.05, 4.69) is 5.32 Å². The number of esters is 1. The molecule has 0 unspecified atom stereocenters. The number of halogens is 4. The largest absolute Gasteiger partial charge is 0.489 e.